The largest absolute Gasteiger partial charge is 0.369 e. The number of hydrogen-bond donors (Lipinski definition) is 1. The molecule has 1 aliphatic carbocycles. The minimum Gasteiger partial charge on any atom is -0.369 e. The normalized spacial score (nSPS) is 14.3. The van der Waals surface area contributed by atoms with Gasteiger partial charge in [0, 0.05) is 20.6 Å². The quantitative estimate of drug-likeness (QED) is 0.780. The van der Waals surface area contributed by atoms with Crippen molar-refractivity contribution in [2.24, 2.45) is 5.92 Å². The molecule has 0 atom stereocenters. The Hall–Kier alpha value is -1.65. The zero-order valence-electron chi connectivity index (χ0n) is 11.0. The molecule has 0 bridgehead atoms. The van der Waals surface area contributed by atoms with E-state index in [1.165, 1.54) is 30.6 Å². The molecule has 0 radical (unpaired) electrons. The van der Waals surface area contributed by atoms with Gasteiger partial charge in [-0.25, -0.2) is 0 Å². The Labute approximate surface area is 108 Å². The lowest BCUT2D eigenvalue weighted by atomic mass is 10.2. The summed E-state index contributed by atoms with van der Waals surface area (Å²) in [6.45, 7) is 0.923. The first-order chi connectivity index (χ1) is 8.66. The van der Waals surface area contributed by atoms with E-state index >= 15 is 0 Å². The smallest absolute Gasteiger partial charge is 0.273 e. The van der Waals surface area contributed by atoms with Gasteiger partial charge in [0.05, 0.1) is 0 Å². The molecule has 1 aromatic rings. The maximum Gasteiger partial charge on any atom is 0.273 e. The van der Waals surface area contributed by atoms with Crippen LogP contribution in [0.15, 0.2) is 12.1 Å². The van der Waals surface area contributed by atoms with Crippen LogP contribution in [0.5, 0.6) is 0 Å². The predicted octanol–water partition coefficient (Wildman–Crippen LogP) is 1.78. The number of nitrogens with zero attached hydrogens (tertiary/aromatic N) is 3. The molecule has 1 N–H and O–H groups in total. The van der Waals surface area contributed by atoms with Crippen LogP contribution in [-0.4, -0.2) is 41.6 Å². The number of rotatable bonds is 6. The van der Waals surface area contributed by atoms with E-state index in [1.54, 1.807) is 26.2 Å². The Morgan fingerprint density at radius 1 is 1.39 bits per heavy atom. The Morgan fingerprint density at radius 3 is 2.72 bits per heavy atom. The number of aromatic nitrogens is 2. The fourth-order valence-electron chi connectivity index (χ4n) is 1.78. The van der Waals surface area contributed by atoms with Crippen LogP contribution >= 0.6 is 0 Å². The molecule has 2 rings (SSSR count). The fraction of sp³-hybridized carbons (Fsp3) is 0.615. The molecule has 0 unspecified atom stereocenters. The van der Waals surface area contributed by atoms with Gasteiger partial charge in [-0.05, 0) is 30.9 Å². The first-order valence-electron chi connectivity index (χ1n) is 6.46. The van der Waals surface area contributed by atoms with Gasteiger partial charge in [0.2, 0.25) is 0 Å². The molecule has 0 aliphatic heterocycles. The van der Waals surface area contributed by atoms with Crippen molar-refractivity contribution < 1.29 is 4.79 Å². The fourth-order valence-corrected chi connectivity index (χ4v) is 1.78. The van der Waals surface area contributed by atoms with Crippen molar-refractivity contribution in [3.63, 3.8) is 0 Å². The highest BCUT2D eigenvalue weighted by Crippen LogP contribution is 2.33. The van der Waals surface area contributed by atoms with Gasteiger partial charge in [0.15, 0.2) is 5.69 Å². The maximum atomic E-state index is 11.6. The highest BCUT2D eigenvalue weighted by molar-refractivity contribution is 5.91. The summed E-state index contributed by atoms with van der Waals surface area (Å²) < 4.78 is 0. The van der Waals surface area contributed by atoms with Gasteiger partial charge in [0.1, 0.15) is 5.82 Å². The van der Waals surface area contributed by atoms with Crippen molar-refractivity contribution in [1.82, 2.24) is 15.1 Å². The van der Waals surface area contributed by atoms with Gasteiger partial charge in [-0.2, -0.15) is 0 Å². The van der Waals surface area contributed by atoms with Crippen LogP contribution in [0, 0.1) is 5.92 Å². The molecule has 1 amide bonds. The lowest BCUT2D eigenvalue weighted by Crippen LogP contribution is -2.23. The molecule has 1 fully saturated rings. The molecule has 1 aliphatic rings. The van der Waals surface area contributed by atoms with Crippen molar-refractivity contribution in [1.29, 1.82) is 0 Å². The third-order valence-electron chi connectivity index (χ3n) is 3.08. The van der Waals surface area contributed by atoms with Crippen LogP contribution in [0.2, 0.25) is 0 Å². The highest BCUT2D eigenvalue weighted by Gasteiger charge is 2.19. The van der Waals surface area contributed by atoms with Crippen LogP contribution in [0.4, 0.5) is 5.82 Å². The van der Waals surface area contributed by atoms with Crippen LogP contribution in [0.1, 0.15) is 36.2 Å². The molecule has 1 saturated carbocycles. The second-order valence-electron chi connectivity index (χ2n) is 5.02. The Balaban J connectivity index is 1.77. The van der Waals surface area contributed by atoms with Crippen molar-refractivity contribution in [3.8, 4) is 0 Å². The standard InChI is InChI=1S/C13H20N4O/c1-17(2)13(18)11-7-8-12(16-15-11)14-9-3-4-10-5-6-10/h7-8,10H,3-6,9H2,1-2H3,(H,14,16). The Morgan fingerprint density at radius 2 is 2.17 bits per heavy atom. The molecule has 18 heavy (non-hydrogen) atoms. The molecule has 5 nitrogen and oxygen atoms in total. The van der Waals surface area contributed by atoms with Crippen molar-refractivity contribution in [3.05, 3.63) is 17.8 Å². The monoisotopic (exact) mass is 248 g/mol. The Bertz CT molecular complexity index is 398. The number of carbonyl (C=O) groups is 1. The highest BCUT2D eigenvalue weighted by atomic mass is 16.2. The van der Waals surface area contributed by atoms with Gasteiger partial charge >= 0.3 is 0 Å². The average Bonchev–Trinajstić information content (AvgIpc) is 3.18. The SMILES string of the molecule is CN(C)C(=O)c1ccc(NCCCC2CC2)nn1. The van der Waals surface area contributed by atoms with Crippen molar-refractivity contribution >= 4 is 11.7 Å². The second kappa shape index (κ2) is 5.80. The van der Waals surface area contributed by atoms with E-state index in [0.29, 0.717) is 5.69 Å². The Kier molecular flexibility index (Phi) is 4.12. The van der Waals surface area contributed by atoms with E-state index < -0.39 is 0 Å². The van der Waals surface area contributed by atoms with Gasteiger partial charge in [-0.1, -0.05) is 12.8 Å². The van der Waals surface area contributed by atoms with Crippen LogP contribution in [-0.2, 0) is 0 Å². The van der Waals surface area contributed by atoms with Crippen LogP contribution < -0.4 is 5.32 Å². The minimum absolute atomic E-state index is 0.122. The number of hydrogen-bond acceptors (Lipinski definition) is 4. The maximum absolute atomic E-state index is 11.6. The molecular weight excluding hydrogens is 228 g/mol. The predicted molar refractivity (Wildman–Crippen MR) is 70.5 cm³/mol. The summed E-state index contributed by atoms with van der Waals surface area (Å²) in [4.78, 5) is 13.1. The molecule has 0 spiro atoms. The number of amides is 1. The minimum atomic E-state index is -0.122. The lowest BCUT2D eigenvalue weighted by molar-refractivity contribution is 0.0821. The summed E-state index contributed by atoms with van der Waals surface area (Å²) in [7, 11) is 3.40. The summed E-state index contributed by atoms with van der Waals surface area (Å²) >= 11 is 0. The van der Waals surface area contributed by atoms with Crippen molar-refractivity contribution in [2.75, 3.05) is 26.0 Å². The zero-order valence-corrected chi connectivity index (χ0v) is 11.0. The topological polar surface area (TPSA) is 58.1 Å². The van der Waals surface area contributed by atoms with Crippen LogP contribution in [0.3, 0.4) is 0 Å². The molecule has 5 heteroatoms. The van der Waals surface area contributed by atoms with Gasteiger partial charge in [0.25, 0.3) is 5.91 Å². The van der Waals surface area contributed by atoms with E-state index in [9.17, 15) is 4.79 Å². The average molecular weight is 248 g/mol. The summed E-state index contributed by atoms with van der Waals surface area (Å²) in [5, 5.41) is 11.2. The molecule has 0 aromatic carbocycles. The molecular formula is C13H20N4O. The summed E-state index contributed by atoms with van der Waals surface area (Å²) in [5.74, 6) is 1.59. The third kappa shape index (κ3) is 3.68. The van der Waals surface area contributed by atoms with E-state index in [1.807, 2.05) is 0 Å². The summed E-state index contributed by atoms with van der Waals surface area (Å²) in [6, 6.07) is 3.51. The van der Waals surface area contributed by atoms with E-state index in [2.05, 4.69) is 15.5 Å². The van der Waals surface area contributed by atoms with E-state index in [4.69, 9.17) is 0 Å². The zero-order chi connectivity index (χ0) is 13.0. The second-order valence-corrected chi connectivity index (χ2v) is 5.02. The molecule has 98 valence electrons. The lowest BCUT2D eigenvalue weighted by Gasteiger charge is -2.09. The molecule has 1 heterocycles. The number of nitrogens with one attached hydrogen (secondary N) is 1. The number of anilines is 1. The first kappa shape index (κ1) is 12.8. The van der Waals surface area contributed by atoms with Gasteiger partial charge in [-0.3, -0.25) is 4.79 Å². The van der Waals surface area contributed by atoms with Crippen molar-refractivity contribution in [2.45, 2.75) is 25.7 Å². The molecule has 0 saturated heterocycles. The van der Waals surface area contributed by atoms with E-state index in [0.717, 1.165) is 18.3 Å². The third-order valence-corrected chi connectivity index (χ3v) is 3.08. The molecule has 1 aromatic heterocycles. The van der Waals surface area contributed by atoms with Gasteiger partial charge in [-0.15, -0.1) is 10.2 Å². The summed E-state index contributed by atoms with van der Waals surface area (Å²) in [6.07, 6.45) is 5.28. The van der Waals surface area contributed by atoms with Gasteiger partial charge < -0.3 is 10.2 Å². The first-order valence-corrected chi connectivity index (χ1v) is 6.46. The number of carbonyl (C=O) groups excluding carboxylic acids is 1. The van der Waals surface area contributed by atoms with Crippen LogP contribution in [0.25, 0.3) is 0 Å². The summed E-state index contributed by atoms with van der Waals surface area (Å²) in [5.41, 5.74) is 0.378. The van der Waals surface area contributed by atoms with E-state index in [-0.39, 0.29) is 5.91 Å².